The number of hydrogen-bond donors (Lipinski definition) is 1. The fraction of sp³-hybridized carbons (Fsp3) is 0.700. The zero-order valence-corrected chi connectivity index (χ0v) is 9.86. The fourth-order valence-corrected chi connectivity index (χ4v) is 2.30. The van der Waals surface area contributed by atoms with E-state index in [0.717, 1.165) is 17.1 Å². The van der Waals surface area contributed by atoms with Crippen molar-refractivity contribution in [3.8, 4) is 0 Å². The summed E-state index contributed by atoms with van der Waals surface area (Å²) in [7, 11) is 0. The van der Waals surface area contributed by atoms with Crippen molar-refractivity contribution in [1.82, 2.24) is 4.98 Å². The highest BCUT2D eigenvalue weighted by molar-refractivity contribution is 7.09. The van der Waals surface area contributed by atoms with Crippen LogP contribution in [0.3, 0.4) is 0 Å². The van der Waals surface area contributed by atoms with E-state index in [9.17, 15) is 0 Å². The molecule has 3 nitrogen and oxygen atoms in total. The topological polar surface area (TPSA) is 48.1 Å². The maximum atomic E-state index is 5.73. The van der Waals surface area contributed by atoms with Crippen LogP contribution in [0.25, 0.3) is 0 Å². The minimum absolute atomic E-state index is 0.243. The SMILES string of the molecule is CCOC(C)(CC)c1nc(CN)cs1. The van der Waals surface area contributed by atoms with E-state index in [1.165, 1.54) is 0 Å². The third kappa shape index (κ3) is 2.32. The van der Waals surface area contributed by atoms with Gasteiger partial charge < -0.3 is 10.5 Å². The predicted molar refractivity (Wildman–Crippen MR) is 59.3 cm³/mol. The second-order valence-corrected chi connectivity index (χ2v) is 4.22. The zero-order valence-electron chi connectivity index (χ0n) is 9.04. The van der Waals surface area contributed by atoms with Crippen LogP contribution in [-0.4, -0.2) is 11.6 Å². The highest BCUT2D eigenvalue weighted by atomic mass is 32.1. The minimum atomic E-state index is -0.243. The Morgan fingerprint density at radius 2 is 2.29 bits per heavy atom. The predicted octanol–water partition coefficient (Wildman–Crippen LogP) is 2.26. The van der Waals surface area contributed by atoms with Crippen molar-refractivity contribution in [2.45, 2.75) is 39.3 Å². The first kappa shape index (κ1) is 11.6. The Hall–Kier alpha value is -0.450. The Morgan fingerprint density at radius 3 is 2.71 bits per heavy atom. The molecule has 1 unspecified atom stereocenters. The summed E-state index contributed by atoms with van der Waals surface area (Å²) in [5, 5.41) is 3.03. The summed E-state index contributed by atoms with van der Waals surface area (Å²) in [6, 6.07) is 0. The van der Waals surface area contributed by atoms with E-state index in [1.807, 2.05) is 12.3 Å². The molecule has 0 bridgehead atoms. The molecule has 0 amide bonds. The van der Waals surface area contributed by atoms with Crippen molar-refractivity contribution in [1.29, 1.82) is 0 Å². The average molecular weight is 214 g/mol. The van der Waals surface area contributed by atoms with Crippen LogP contribution >= 0.6 is 11.3 Å². The van der Waals surface area contributed by atoms with E-state index in [1.54, 1.807) is 11.3 Å². The summed E-state index contributed by atoms with van der Waals surface area (Å²) in [5.41, 5.74) is 6.23. The van der Waals surface area contributed by atoms with E-state index >= 15 is 0 Å². The highest BCUT2D eigenvalue weighted by Crippen LogP contribution is 2.31. The molecule has 1 rings (SSSR count). The number of thiazole rings is 1. The second kappa shape index (κ2) is 4.87. The Bertz CT molecular complexity index is 287. The molecule has 1 heterocycles. The maximum absolute atomic E-state index is 5.73. The molecule has 0 aromatic carbocycles. The van der Waals surface area contributed by atoms with Crippen molar-refractivity contribution in [2.24, 2.45) is 5.73 Å². The molecule has 4 heteroatoms. The van der Waals surface area contributed by atoms with Crippen LogP contribution in [0.5, 0.6) is 0 Å². The standard InChI is InChI=1S/C10H18N2OS/c1-4-10(3,13-5-2)9-12-8(6-11)7-14-9/h7H,4-6,11H2,1-3H3. The molecule has 1 atom stereocenters. The lowest BCUT2D eigenvalue weighted by Gasteiger charge is -2.25. The summed E-state index contributed by atoms with van der Waals surface area (Å²) < 4.78 is 5.73. The van der Waals surface area contributed by atoms with Crippen molar-refractivity contribution in [3.63, 3.8) is 0 Å². The lowest BCUT2D eigenvalue weighted by molar-refractivity contribution is -0.0325. The Kier molecular flexibility index (Phi) is 4.04. The van der Waals surface area contributed by atoms with E-state index in [-0.39, 0.29) is 5.60 Å². The first-order chi connectivity index (χ1) is 6.66. The number of nitrogens with zero attached hydrogens (tertiary/aromatic N) is 1. The molecule has 0 aliphatic rings. The minimum Gasteiger partial charge on any atom is -0.368 e. The third-order valence-electron chi connectivity index (χ3n) is 2.35. The van der Waals surface area contributed by atoms with Crippen molar-refractivity contribution < 1.29 is 4.74 Å². The summed E-state index contributed by atoms with van der Waals surface area (Å²) in [6.07, 6.45) is 0.929. The van der Waals surface area contributed by atoms with Gasteiger partial charge >= 0.3 is 0 Å². The van der Waals surface area contributed by atoms with Crippen molar-refractivity contribution in [3.05, 3.63) is 16.1 Å². The van der Waals surface area contributed by atoms with Gasteiger partial charge in [-0.1, -0.05) is 6.92 Å². The van der Waals surface area contributed by atoms with Crippen LogP contribution in [0.2, 0.25) is 0 Å². The number of rotatable bonds is 5. The molecule has 0 aliphatic carbocycles. The Balaban J connectivity index is 2.87. The lowest BCUT2D eigenvalue weighted by atomic mass is 10.0. The summed E-state index contributed by atoms with van der Waals surface area (Å²) in [4.78, 5) is 4.46. The molecule has 0 saturated carbocycles. The van der Waals surface area contributed by atoms with Gasteiger partial charge in [0.25, 0.3) is 0 Å². The second-order valence-electron chi connectivity index (χ2n) is 3.37. The van der Waals surface area contributed by atoms with Gasteiger partial charge in [-0.05, 0) is 20.3 Å². The van der Waals surface area contributed by atoms with E-state index < -0.39 is 0 Å². The van der Waals surface area contributed by atoms with Crippen molar-refractivity contribution in [2.75, 3.05) is 6.61 Å². The van der Waals surface area contributed by atoms with E-state index in [2.05, 4.69) is 18.8 Å². The van der Waals surface area contributed by atoms with Gasteiger partial charge in [-0.2, -0.15) is 0 Å². The number of nitrogens with two attached hydrogens (primary N) is 1. The van der Waals surface area contributed by atoms with Gasteiger partial charge in [0.05, 0.1) is 5.69 Å². The number of aromatic nitrogens is 1. The maximum Gasteiger partial charge on any atom is 0.125 e. The molecule has 0 fully saturated rings. The zero-order chi connectivity index (χ0) is 10.6. The molecule has 0 spiro atoms. The van der Waals surface area contributed by atoms with Crippen LogP contribution in [-0.2, 0) is 16.9 Å². The molecule has 14 heavy (non-hydrogen) atoms. The smallest absolute Gasteiger partial charge is 0.125 e. The van der Waals surface area contributed by atoms with Crippen molar-refractivity contribution >= 4 is 11.3 Å². The molecular formula is C10H18N2OS. The molecule has 0 aliphatic heterocycles. The van der Waals surface area contributed by atoms with Crippen LogP contribution in [0.4, 0.5) is 0 Å². The van der Waals surface area contributed by atoms with Crippen LogP contribution in [0, 0.1) is 0 Å². The Morgan fingerprint density at radius 1 is 1.57 bits per heavy atom. The first-order valence-corrected chi connectivity index (χ1v) is 5.83. The average Bonchev–Trinajstić information content (AvgIpc) is 2.66. The Labute approximate surface area is 89.3 Å². The largest absolute Gasteiger partial charge is 0.368 e. The van der Waals surface area contributed by atoms with Gasteiger partial charge in [-0.3, -0.25) is 0 Å². The van der Waals surface area contributed by atoms with Crippen LogP contribution in [0.1, 0.15) is 37.9 Å². The van der Waals surface area contributed by atoms with Gasteiger partial charge in [0, 0.05) is 18.5 Å². The van der Waals surface area contributed by atoms with Gasteiger partial charge in [-0.25, -0.2) is 4.98 Å². The monoisotopic (exact) mass is 214 g/mol. The van der Waals surface area contributed by atoms with Gasteiger partial charge in [0.2, 0.25) is 0 Å². The quantitative estimate of drug-likeness (QED) is 0.818. The third-order valence-corrected chi connectivity index (χ3v) is 3.49. The molecule has 80 valence electrons. The molecular weight excluding hydrogens is 196 g/mol. The molecule has 1 aromatic heterocycles. The van der Waals surface area contributed by atoms with Crippen LogP contribution < -0.4 is 5.73 Å². The van der Waals surface area contributed by atoms with Gasteiger partial charge in [-0.15, -0.1) is 11.3 Å². The van der Waals surface area contributed by atoms with Gasteiger partial charge in [0.1, 0.15) is 10.6 Å². The van der Waals surface area contributed by atoms with Crippen LogP contribution in [0.15, 0.2) is 5.38 Å². The molecule has 0 radical (unpaired) electrons. The van der Waals surface area contributed by atoms with E-state index in [0.29, 0.717) is 13.2 Å². The fourth-order valence-electron chi connectivity index (χ4n) is 1.28. The molecule has 1 aromatic rings. The summed E-state index contributed by atoms with van der Waals surface area (Å²) in [5.74, 6) is 0. The molecule has 2 N–H and O–H groups in total. The normalized spacial score (nSPS) is 15.4. The number of ether oxygens (including phenoxy) is 1. The molecule has 0 saturated heterocycles. The summed E-state index contributed by atoms with van der Waals surface area (Å²) >= 11 is 1.63. The van der Waals surface area contributed by atoms with Gasteiger partial charge in [0.15, 0.2) is 0 Å². The lowest BCUT2D eigenvalue weighted by Crippen LogP contribution is -2.25. The highest BCUT2D eigenvalue weighted by Gasteiger charge is 2.28. The first-order valence-electron chi connectivity index (χ1n) is 4.95. The van der Waals surface area contributed by atoms with E-state index in [4.69, 9.17) is 10.5 Å². The summed E-state index contributed by atoms with van der Waals surface area (Å²) in [6.45, 7) is 7.41. The number of hydrogen-bond acceptors (Lipinski definition) is 4.